The number of amides is 2. The van der Waals surface area contributed by atoms with Crippen LogP contribution in [0, 0.1) is 5.92 Å². The van der Waals surface area contributed by atoms with Crippen molar-refractivity contribution in [2.24, 2.45) is 5.92 Å². The molecule has 0 bridgehead atoms. The fourth-order valence-electron chi connectivity index (χ4n) is 1.66. The van der Waals surface area contributed by atoms with E-state index in [9.17, 15) is 9.59 Å². The number of carbonyl (C=O) groups excluding carboxylic acids is 2. The summed E-state index contributed by atoms with van der Waals surface area (Å²) in [5.74, 6) is 0.378. The maximum Gasteiger partial charge on any atom is 0.503 e. The third kappa shape index (κ3) is 10.7. The first-order valence-electron chi connectivity index (χ1n) is 5.86. The van der Waals surface area contributed by atoms with Gasteiger partial charge in [0.2, 0.25) is 0 Å². The Kier molecular flexibility index (Phi) is 8.26. The Morgan fingerprint density at radius 2 is 1.50 bits per heavy atom. The highest BCUT2D eigenvalue weighted by molar-refractivity contribution is 6.12. The van der Waals surface area contributed by atoms with Crippen LogP contribution in [0.25, 0.3) is 0 Å². The van der Waals surface area contributed by atoms with Crippen LogP contribution in [0.5, 0.6) is 0 Å². The van der Waals surface area contributed by atoms with E-state index in [2.05, 4.69) is 6.92 Å². The molecule has 0 unspecified atom stereocenters. The van der Waals surface area contributed by atoms with Crippen LogP contribution in [-0.4, -0.2) is 28.2 Å². The molecule has 1 aliphatic carbocycles. The number of nitrogens with one attached hydrogen (secondary N) is 1. The zero-order valence-corrected chi connectivity index (χ0v) is 10.4. The number of carboxylic acid groups (broad SMARTS) is 2. The van der Waals surface area contributed by atoms with E-state index in [1.807, 2.05) is 5.32 Å². The molecular formula is C12H19NO5. The summed E-state index contributed by atoms with van der Waals surface area (Å²) in [5.41, 5.74) is 0. The lowest BCUT2D eigenvalue weighted by atomic mass is 9.91. The van der Waals surface area contributed by atoms with Crippen LogP contribution in [0.2, 0.25) is 0 Å². The van der Waals surface area contributed by atoms with Gasteiger partial charge in [0, 0.05) is 12.2 Å². The van der Waals surface area contributed by atoms with E-state index in [0.717, 1.165) is 5.92 Å². The summed E-state index contributed by atoms with van der Waals surface area (Å²) in [6.07, 6.45) is 8.00. The van der Waals surface area contributed by atoms with Gasteiger partial charge in [-0.3, -0.25) is 14.9 Å². The summed E-state index contributed by atoms with van der Waals surface area (Å²) in [7, 11) is 0. The van der Waals surface area contributed by atoms with Crippen molar-refractivity contribution in [3.8, 4) is 0 Å². The Morgan fingerprint density at radius 1 is 1.11 bits per heavy atom. The van der Waals surface area contributed by atoms with Crippen LogP contribution in [-0.2, 0) is 9.59 Å². The highest BCUT2D eigenvalue weighted by Gasteiger charge is 2.07. The first-order chi connectivity index (χ1) is 8.41. The number of hydrogen-bond donors (Lipinski definition) is 3. The Bertz CT molecular complexity index is 298. The van der Waals surface area contributed by atoms with Gasteiger partial charge in [-0.15, -0.1) is 0 Å². The molecule has 0 spiro atoms. The van der Waals surface area contributed by atoms with Gasteiger partial charge in [0.15, 0.2) is 0 Å². The van der Waals surface area contributed by atoms with Crippen LogP contribution in [0.4, 0.5) is 4.79 Å². The normalized spacial score (nSPS) is 18.1. The van der Waals surface area contributed by atoms with E-state index in [-0.39, 0.29) is 11.8 Å². The Hall–Kier alpha value is -1.85. The minimum absolute atomic E-state index is 0.329. The van der Waals surface area contributed by atoms with Gasteiger partial charge in [0.1, 0.15) is 0 Å². The molecule has 0 aromatic heterocycles. The molecule has 18 heavy (non-hydrogen) atoms. The van der Waals surface area contributed by atoms with Gasteiger partial charge in [0.05, 0.1) is 0 Å². The number of rotatable bonds is 0. The van der Waals surface area contributed by atoms with Crippen molar-refractivity contribution in [3.63, 3.8) is 0 Å². The van der Waals surface area contributed by atoms with Gasteiger partial charge in [-0.25, -0.2) is 4.79 Å². The smallest absolute Gasteiger partial charge is 0.450 e. The molecule has 2 amide bonds. The van der Waals surface area contributed by atoms with E-state index in [4.69, 9.17) is 15.0 Å². The number of carbonyl (C=O) groups is 3. The van der Waals surface area contributed by atoms with E-state index in [1.165, 1.54) is 44.3 Å². The molecule has 6 heteroatoms. The van der Waals surface area contributed by atoms with Gasteiger partial charge >= 0.3 is 6.16 Å². The maximum absolute atomic E-state index is 10.0. The van der Waals surface area contributed by atoms with Crippen LogP contribution < -0.4 is 5.32 Å². The molecule has 3 N–H and O–H groups in total. The van der Waals surface area contributed by atoms with Crippen molar-refractivity contribution in [2.75, 3.05) is 0 Å². The molecule has 6 nitrogen and oxygen atoms in total. The predicted octanol–water partition coefficient (Wildman–Crippen LogP) is 2.01. The van der Waals surface area contributed by atoms with E-state index < -0.39 is 6.16 Å². The average Bonchev–Trinajstić information content (AvgIpc) is 2.63. The highest BCUT2D eigenvalue weighted by atomic mass is 16.6. The summed E-state index contributed by atoms with van der Waals surface area (Å²) in [4.78, 5) is 28.6. The quantitative estimate of drug-likeness (QED) is 0.576. The monoisotopic (exact) mass is 257 g/mol. The number of imide groups is 1. The summed E-state index contributed by atoms with van der Waals surface area (Å²) >= 11 is 0. The zero-order valence-electron chi connectivity index (χ0n) is 10.4. The van der Waals surface area contributed by atoms with E-state index >= 15 is 0 Å². The molecule has 0 radical (unpaired) electrons. The van der Waals surface area contributed by atoms with Crippen molar-refractivity contribution < 1.29 is 24.6 Å². The molecule has 1 saturated carbocycles. The largest absolute Gasteiger partial charge is 0.503 e. The molecule has 0 aromatic rings. The Morgan fingerprint density at radius 3 is 1.67 bits per heavy atom. The third-order valence-corrected chi connectivity index (χ3v) is 2.53. The fraction of sp³-hybridized carbons (Fsp3) is 0.583. The fourth-order valence-corrected chi connectivity index (χ4v) is 1.66. The summed E-state index contributed by atoms with van der Waals surface area (Å²) in [6.45, 7) is 2.36. The van der Waals surface area contributed by atoms with Crippen LogP contribution in [0.15, 0.2) is 12.2 Å². The first kappa shape index (κ1) is 16.1. The van der Waals surface area contributed by atoms with Gasteiger partial charge in [-0.1, -0.05) is 39.0 Å². The molecule has 0 saturated heterocycles. The second kappa shape index (κ2) is 9.21. The van der Waals surface area contributed by atoms with E-state index in [0.29, 0.717) is 0 Å². The van der Waals surface area contributed by atoms with Crippen LogP contribution >= 0.6 is 0 Å². The molecule has 1 fully saturated rings. The molecule has 2 aliphatic rings. The highest BCUT2D eigenvalue weighted by Crippen LogP contribution is 2.22. The Labute approximate surface area is 106 Å². The lowest BCUT2D eigenvalue weighted by Gasteiger charge is -2.15. The first-order valence-corrected chi connectivity index (χ1v) is 5.86. The molecular weight excluding hydrogens is 238 g/mol. The maximum atomic E-state index is 10.0. The number of hydrogen-bond acceptors (Lipinski definition) is 3. The molecule has 2 rings (SSSR count). The summed E-state index contributed by atoms with van der Waals surface area (Å²) in [6, 6.07) is 0. The summed E-state index contributed by atoms with van der Waals surface area (Å²) < 4.78 is 0. The minimum atomic E-state index is -1.83. The van der Waals surface area contributed by atoms with Crippen molar-refractivity contribution in [1.29, 1.82) is 0 Å². The standard InChI is InChI=1S/C7H14.C4H3NO2.CH2O3/c1-7-5-3-2-4-6-7;6-3-1-2-4(7)5-3;2-1(3)4/h7H,2-6H2,1H3;1-2H,(H,5,6,7);(H2,2,3,4). The van der Waals surface area contributed by atoms with Crippen LogP contribution in [0.1, 0.15) is 39.0 Å². The van der Waals surface area contributed by atoms with Crippen molar-refractivity contribution in [2.45, 2.75) is 39.0 Å². The lowest BCUT2D eigenvalue weighted by molar-refractivity contribution is -0.123. The van der Waals surface area contributed by atoms with E-state index in [1.54, 1.807) is 0 Å². The van der Waals surface area contributed by atoms with Gasteiger partial charge in [0.25, 0.3) is 11.8 Å². The minimum Gasteiger partial charge on any atom is -0.450 e. The second-order valence-corrected chi connectivity index (χ2v) is 4.21. The van der Waals surface area contributed by atoms with Gasteiger partial charge in [-0.2, -0.15) is 0 Å². The van der Waals surface area contributed by atoms with Crippen molar-refractivity contribution in [1.82, 2.24) is 5.32 Å². The topological polar surface area (TPSA) is 104 Å². The van der Waals surface area contributed by atoms with Crippen LogP contribution in [0.3, 0.4) is 0 Å². The van der Waals surface area contributed by atoms with Gasteiger partial charge in [-0.05, 0) is 5.92 Å². The zero-order chi connectivity index (χ0) is 14.0. The van der Waals surface area contributed by atoms with Crippen molar-refractivity contribution in [3.05, 3.63) is 12.2 Å². The summed E-state index contributed by atoms with van der Waals surface area (Å²) in [5, 5.41) is 16.0. The third-order valence-electron chi connectivity index (χ3n) is 2.53. The predicted molar refractivity (Wildman–Crippen MR) is 65.2 cm³/mol. The SMILES string of the molecule is CC1CCCCC1.O=C(O)O.O=C1C=CC(=O)N1. The second-order valence-electron chi connectivity index (χ2n) is 4.21. The Balaban J connectivity index is 0.000000253. The molecule has 102 valence electrons. The lowest BCUT2D eigenvalue weighted by Crippen LogP contribution is -2.19. The average molecular weight is 257 g/mol. The molecule has 1 aliphatic heterocycles. The van der Waals surface area contributed by atoms with Crippen molar-refractivity contribution >= 4 is 18.0 Å². The van der Waals surface area contributed by atoms with Gasteiger partial charge < -0.3 is 10.2 Å². The molecule has 1 heterocycles. The molecule has 0 atom stereocenters. The molecule has 0 aromatic carbocycles.